The van der Waals surface area contributed by atoms with Crippen molar-refractivity contribution in [2.24, 2.45) is 0 Å². The lowest BCUT2D eigenvalue weighted by molar-refractivity contribution is 0.0947. The van der Waals surface area contributed by atoms with E-state index in [1.165, 1.54) is 22.0 Å². The molecule has 40 heavy (non-hydrogen) atoms. The minimum absolute atomic E-state index is 0.205. The van der Waals surface area contributed by atoms with Gasteiger partial charge in [-0.2, -0.15) is 4.31 Å². The molecule has 8 nitrogen and oxygen atoms in total. The molecule has 11 heteroatoms. The topological polar surface area (TPSA) is 85.9 Å². The van der Waals surface area contributed by atoms with Gasteiger partial charge in [0.15, 0.2) is 5.13 Å². The number of carbonyl (C=O) groups is 1. The van der Waals surface area contributed by atoms with Gasteiger partial charge in [-0.3, -0.25) is 9.69 Å². The van der Waals surface area contributed by atoms with Crippen molar-refractivity contribution in [3.05, 3.63) is 88.4 Å². The molecule has 1 N–H and O–H groups in total. The molecule has 1 amide bonds. The first kappa shape index (κ1) is 27.2. The molecular weight excluding hydrogens is 566 g/mol. The van der Waals surface area contributed by atoms with Gasteiger partial charge in [-0.15, -0.1) is 0 Å². The van der Waals surface area contributed by atoms with Crippen LogP contribution in [0.1, 0.15) is 21.5 Å². The highest BCUT2D eigenvalue weighted by Crippen LogP contribution is 2.33. The van der Waals surface area contributed by atoms with E-state index in [0.717, 1.165) is 53.6 Å². The Bertz CT molecular complexity index is 1630. The van der Waals surface area contributed by atoms with Gasteiger partial charge in [0.2, 0.25) is 10.0 Å². The van der Waals surface area contributed by atoms with Gasteiger partial charge in [-0.25, -0.2) is 13.4 Å². The van der Waals surface area contributed by atoms with E-state index in [0.29, 0.717) is 36.6 Å². The highest BCUT2D eigenvalue weighted by Gasteiger charge is 2.28. The van der Waals surface area contributed by atoms with E-state index in [1.54, 1.807) is 23.5 Å². The summed E-state index contributed by atoms with van der Waals surface area (Å²) in [6, 6.07) is 20.0. The van der Waals surface area contributed by atoms with Gasteiger partial charge in [0, 0.05) is 57.9 Å². The van der Waals surface area contributed by atoms with Gasteiger partial charge in [0.25, 0.3) is 5.91 Å². The van der Waals surface area contributed by atoms with Crippen LogP contribution in [-0.4, -0.2) is 74.3 Å². The first-order chi connectivity index (χ1) is 19.4. The number of sulfonamides is 1. The Balaban J connectivity index is 0.981. The number of amides is 1. The van der Waals surface area contributed by atoms with Crippen LogP contribution < -0.4 is 10.2 Å². The van der Waals surface area contributed by atoms with Crippen molar-refractivity contribution in [2.45, 2.75) is 17.9 Å². The van der Waals surface area contributed by atoms with Gasteiger partial charge in [-0.1, -0.05) is 53.3 Å². The molecule has 3 heterocycles. The monoisotopic (exact) mass is 595 g/mol. The highest BCUT2D eigenvalue weighted by atomic mass is 35.5. The Morgan fingerprint density at radius 2 is 1.68 bits per heavy atom. The Morgan fingerprint density at radius 1 is 0.925 bits per heavy atom. The smallest absolute Gasteiger partial charge is 0.251 e. The third-order valence-corrected chi connectivity index (χ3v) is 10.8. The number of thiazole rings is 1. The summed E-state index contributed by atoms with van der Waals surface area (Å²) in [6.07, 6.45) is 0.696. The minimum atomic E-state index is -3.63. The van der Waals surface area contributed by atoms with Crippen molar-refractivity contribution in [3.63, 3.8) is 0 Å². The predicted octanol–water partition coefficient (Wildman–Crippen LogP) is 4.25. The van der Waals surface area contributed by atoms with Crippen LogP contribution in [0.2, 0.25) is 5.02 Å². The van der Waals surface area contributed by atoms with Gasteiger partial charge in [-0.05, 0) is 53.9 Å². The number of hydrogen-bond acceptors (Lipinski definition) is 7. The van der Waals surface area contributed by atoms with Crippen LogP contribution >= 0.6 is 22.9 Å². The number of nitrogens with one attached hydrogen (secondary N) is 1. The molecular formula is C29H30ClN5O3S2. The van der Waals surface area contributed by atoms with Crippen molar-refractivity contribution in [1.82, 2.24) is 19.5 Å². The number of aromatic nitrogens is 1. The molecule has 0 atom stereocenters. The zero-order chi connectivity index (χ0) is 27.7. The summed E-state index contributed by atoms with van der Waals surface area (Å²) >= 11 is 7.95. The highest BCUT2D eigenvalue weighted by molar-refractivity contribution is 7.89. The molecule has 6 rings (SSSR count). The average Bonchev–Trinajstić information content (AvgIpc) is 3.43. The lowest BCUT2D eigenvalue weighted by Gasteiger charge is -2.34. The number of anilines is 1. The number of hydrogen-bond donors (Lipinski definition) is 1. The summed E-state index contributed by atoms with van der Waals surface area (Å²) in [5, 5.41) is 4.64. The zero-order valence-corrected chi connectivity index (χ0v) is 24.3. The Morgan fingerprint density at radius 3 is 2.42 bits per heavy atom. The average molecular weight is 596 g/mol. The Hall–Kier alpha value is -3.02. The molecule has 0 aliphatic carbocycles. The maximum Gasteiger partial charge on any atom is 0.251 e. The lowest BCUT2D eigenvalue weighted by Crippen LogP contribution is -2.48. The molecule has 0 saturated carbocycles. The predicted molar refractivity (Wildman–Crippen MR) is 160 cm³/mol. The third kappa shape index (κ3) is 5.59. The molecule has 3 aromatic carbocycles. The summed E-state index contributed by atoms with van der Waals surface area (Å²) < 4.78 is 29.0. The van der Waals surface area contributed by atoms with E-state index in [1.807, 2.05) is 42.5 Å². The maximum absolute atomic E-state index is 13.2. The van der Waals surface area contributed by atoms with E-state index in [2.05, 4.69) is 15.1 Å². The van der Waals surface area contributed by atoms with Crippen LogP contribution in [0.5, 0.6) is 0 Å². The maximum atomic E-state index is 13.2. The largest absolute Gasteiger partial charge is 0.351 e. The molecule has 0 bridgehead atoms. The second-order valence-electron chi connectivity index (χ2n) is 10.0. The van der Waals surface area contributed by atoms with E-state index in [4.69, 9.17) is 16.6 Å². The summed E-state index contributed by atoms with van der Waals surface area (Å²) in [6.45, 7) is 5.57. The molecule has 1 saturated heterocycles. The minimum Gasteiger partial charge on any atom is -0.351 e. The molecule has 1 aromatic heterocycles. The summed E-state index contributed by atoms with van der Waals surface area (Å²) in [5.41, 5.74) is 3.54. The zero-order valence-electron chi connectivity index (χ0n) is 21.9. The molecule has 2 aliphatic heterocycles. The Labute approximate surface area is 243 Å². The molecule has 0 spiro atoms. The van der Waals surface area contributed by atoms with Crippen molar-refractivity contribution in [2.75, 3.05) is 50.7 Å². The van der Waals surface area contributed by atoms with Crippen molar-refractivity contribution in [1.29, 1.82) is 0 Å². The van der Waals surface area contributed by atoms with Crippen LogP contribution in [0.3, 0.4) is 0 Å². The molecule has 4 aromatic rings. The number of carbonyl (C=O) groups excluding carboxylic acids is 1. The van der Waals surface area contributed by atoms with E-state index < -0.39 is 10.0 Å². The van der Waals surface area contributed by atoms with E-state index in [9.17, 15) is 13.2 Å². The quantitative estimate of drug-likeness (QED) is 0.344. The second-order valence-corrected chi connectivity index (χ2v) is 13.4. The van der Waals surface area contributed by atoms with Crippen molar-refractivity contribution >= 4 is 54.2 Å². The fourth-order valence-corrected chi connectivity index (χ4v) is 7.97. The van der Waals surface area contributed by atoms with Crippen LogP contribution in [0.4, 0.5) is 5.13 Å². The number of benzene rings is 3. The standard InChI is InChI=1S/C29H30ClN5O3S2/c30-25-6-3-7-26-27(25)32-29(39-26)34-18-16-33(17-19-34)15-13-31-28(36)22-8-10-24(11-9-22)40(37,38)35-14-12-21-4-1-2-5-23(21)20-35/h1-11H,12-20H2,(H,31,36). The number of halogens is 1. The van der Waals surface area contributed by atoms with E-state index >= 15 is 0 Å². The molecule has 2 aliphatic rings. The van der Waals surface area contributed by atoms with Crippen molar-refractivity contribution in [3.8, 4) is 0 Å². The number of nitrogens with zero attached hydrogens (tertiary/aromatic N) is 4. The molecule has 1 fully saturated rings. The second kappa shape index (κ2) is 11.5. The SMILES string of the molecule is O=C(NCCN1CCN(c2nc3c(Cl)cccc3s2)CC1)c1ccc(S(=O)(=O)N2CCc3ccccc3C2)cc1. The summed E-state index contributed by atoms with van der Waals surface area (Å²) in [4.78, 5) is 22.3. The Kier molecular flexibility index (Phi) is 7.78. The fourth-order valence-electron chi connectivity index (χ4n) is 5.23. The third-order valence-electron chi connectivity index (χ3n) is 7.56. The van der Waals surface area contributed by atoms with Crippen LogP contribution in [0.15, 0.2) is 71.6 Å². The number of fused-ring (bicyclic) bond motifs is 2. The molecule has 208 valence electrons. The lowest BCUT2D eigenvalue weighted by atomic mass is 10.0. The first-order valence-electron chi connectivity index (χ1n) is 13.4. The number of para-hydroxylation sites is 1. The van der Waals surface area contributed by atoms with Crippen LogP contribution in [0, 0.1) is 0 Å². The summed E-state index contributed by atoms with van der Waals surface area (Å²) in [5.74, 6) is -0.208. The summed E-state index contributed by atoms with van der Waals surface area (Å²) in [7, 11) is -3.63. The normalized spacial score (nSPS) is 16.7. The molecule has 0 radical (unpaired) electrons. The van der Waals surface area contributed by atoms with Gasteiger partial charge in [0.1, 0.15) is 5.52 Å². The van der Waals surface area contributed by atoms with Crippen molar-refractivity contribution < 1.29 is 13.2 Å². The van der Waals surface area contributed by atoms with Gasteiger partial charge < -0.3 is 10.2 Å². The fraction of sp³-hybridized carbons (Fsp3) is 0.310. The first-order valence-corrected chi connectivity index (χ1v) is 16.0. The number of rotatable bonds is 7. The van der Waals surface area contributed by atoms with E-state index in [-0.39, 0.29) is 10.8 Å². The molecule has 0 unspecified atom stereocenters. The van der Waals surface area contributed by atoms with Gasteiger partial charge >= 0.3 is 0 Å². The van der Waals surface area contributed by atoms with Gasteiger partial charge in [0.05, 0.1) is 14.6 Å². The van der Waals surface area contributed by atoms with Crippen LogP contribution in [0.25, 0.3) is 10.2 Å². The van der Waals surface area contributed by atoms with Crippen LogP contribution in [-0.2, 0) is 23.0 Å². The number of piperazine rings is 1.